The Kier molecular flexibility index (Phi) is 7.61. The summed E-state index contributed by atoms with van der Waals surface area (Å²) in [6.45, 7) is 6.20. The average Bonchev–Trinajstić information content (AvgIpc) is 2.61. The molecular formula is C21H23ClN2O5. The van der Waals surface area contributed by atoms with Crippen molar-refractivity contribution in [3.63, 3.8) is 0 Å². The van der Waals surface area contributed by atoms with Gasteiger partial charge in [0.05, 0.1) is 0 Å². The molecule has 0 heterocycles. The second-order valence-electron chi connectivity index (χ2n) is 6.54. The van der Waals surface area contributed by atoms with E-state index in [1.165, 1.54) is 13.8 Å². The van der Waals surface area contributed by atoms with E-state index >= 15 is 0 Å². The van der Waals surface area contributed by atoms with Gasteiger partial charge < -0.3 is 20.1 Å². The molecule has 0 radical (unpaired) electrons. The minimum absolute atomic E-state index is 0.187. The fourth-order valence-corrected chi connectivity index (χ4v) is 2.95. The average molecular weight is 419 g/mol. The number of anilines is 2. The largest absolute Gasteiger partial charge is 0.481 e. The van der Waals surface area contributed by atoms with E-state index in [2.05, 4.69) is 10.6 Å². The predicted octanol–water partition coefficient (Wildman–Crippen LogP) is 3.86. The van der Waals surface area contributed by atoms with Gasteiger partial charge in [0, 0.05) is 23.3 Å². The number of ether oxygens (including phenoxy) is 2. The van der Waals surface area contributed by atoms with Crippen LogP contribution in [0.5, 0.6) is 5.75 Å². The van der Waals surface area contributed by atoms with Gasteiger partial charge in [-0.1, -0.05) is 11.6 Å². The third-order valence-electron chi connectivity index (χ3n) is 3.91. The maximum Gasteiger partial charge on any atom is 0.344 e. The lowest BCUT2D eigenvalue weighted by Gasteiger charge is -2.15. The number of amides is 2. The molecule has 0 aliphatic heterocycles. The first-order chi connectivity index (χ1) is 13.7. The maximum absolute atomic E-state index is 12.2. The van der Waals surface area contributed by atoms with Crippen LogP contribution in [0.1, 0.15) is 25.0 Å². The molecule has 2 N–H and O–H groups in total. The molecule has 7 nitrogen and oxygen atoms in total. The van der Waals surface area contributed by atoms with Crippen molar-refractivity contribution in [2.75, 3.05) is 17.2 Å². The third-order valence-corrected chi connectivity index (χ3v) is 4.13. The monoisotopic (exact) mass is 418 g/mol. The number of nitrogens with one attached hydrogen (secondary N) is 2. The summed E-state index contributed by atoms with van der Waals surface area (Å²) in [5.74, 6) is -0.775. The number of rotatable bonds is 7. The highest BCUT2D eigenvalue weighted by Crippen LogP contribution is 2.27. The molecule has 0 saturated heterocycles. The first kappa shape index (κ1) is 22.2. The minimum atomic E-state index is -1.01. The van der Waals surface area contributed by atoms with Crippen molar-refractivity contribution in [2.24, 2.45) is 0 Å². The fourth-order valence-electron chi connectivity index (χ4n) is 2.62. The number of carbonyl (C=O) groups excluding carboxylic acids is 3. The van der Waals surface area contributed by atoms with Gasteiger partial charge in [-0.05, 0) is 68.3 Å². The molecule has 2 rings (SSSR count). The molecule has 0 aliphatic rings. The summed E-state index contributed by atoms with van der Waals surface area (Å²) in [7, 11) is 0. The zero-order valence-corrected chi connectivity index (χ0v) is 17.4. The van der Waals surface area contributed by atoms with Crippen molar-refractivity contribution in [1.82, 2.24) is 0 Å². The van der Waals surface area contributed by atoms with Crippen molar-refractivity contribution < 1.29 is 23.9 Å². The van der Waals surface area contributed by atoms with Gasteiger partial charge in [0.1, 0.15) is 5.75 Å². The number of esters is 1. The molecule has 8 heteroatoms. The van der Waals surface area contributed by atoms with E-state index in [1.54, 1.807) is 36.4 Å². The number of aryl methyl sites for hydroxylation is 2. The fraction of sp³-hybridized carbons (Fsp3) is 0.286. The van der Waals surface area contributed by atoms with E-state index in [0.29, 0.717) is 22.1 Å². The zero-order chi connectivity index (χ0) is 21.6. The number of carbonyl (C=O) groups is 3. The smallest absolute Gasteiger partial charge is 0.344 e. The Morgan fingerprint density at radius 2 is 1.52 bits per heavy atom. The highest BCUT2D eigenvalue weighted by atomic mass is 35.5. The van der Waals surface area contributed by atoms with Crippen molar-refractivity contribution in [3.05, 3.63) is 52.5 Å². The molecule has 29 heavy (non-hydrogen) atoms. The normalized spacial score (nSPS) is 11.3. The first-order valence-corrected chi connectivity index (χ1v) is 9.31. The topological polar surface area (TPSA) is 93.7 Å². The summed E-state index contributed by atoms with van der Waals surface area (Å²) >= 11 is 5.98. The van der Waals surface area contributed by atoms with Crippen molar-refractivity contribution in [1.29, 1.82) is 0 Å². The highest BCUT2D eigenvalue weighted by Gasteiger charge is 2.19. The molecule has 2 aromatic rings. The van der Waals surface area contributed by atoms with E-state index in [0.717, 1.165) is 11.1 Å². The van der Waals surface area contributed by atoms with Gasteiger partial charge in [-0.15, -0.1) is 0 Å². The van der Waals surface area contributed by atoms with Gasteiger partial charge in [-0.3, -0.25) is 9.59 Å². The highest BCUT2D eigenvalue weighted by molar-refractivity contribution is 6.30. The van der Waals surface area contributed by atoms with E-state index in [-0.39, 0.29) is 12.5 Å². The standard InChI is InChI=1S/C21H23ClN2O5/c1-12-9-16(22)10-13(2)20(12)28-11-19(26)29-14(3)21(27)24-18-7-5-17(6-8-18)23-15(4)25/h5-10,14H,11H2,1-4H3,(H,23,25)(H,24,27)/t14-/m1/s1. The van der Waals surface area contributed by atoms with Gasteiger partial charge in [-0.2, -0.15) is 0 Å². The molecule has 0 unspecified atom stereocenters. The summed E-state index contributed by atoms with van der Waals surface area (Å²) in [6, 6.07) is 10.0. The van der Waals surface area contributed by atoms with Crippen molar-refractivity contribution in [2.45, 2.75) is 33.8 Å². The maximum atomic E-state index is 12.2. The molecule has 0 spiro atoms. The third kappa shape index (κ3) is 6.80. The van der Waals surface area contributed by atoms with E-state index < -0.39 is 18.0 Å². The van der Waals surface area contributed by atoms with Crippen LogP contribution in [-0.2, 0) is 19.1 Å². The van der Waals surface area contributed by atoms with Gasteiger partial charge in [0.15, 0.2) is 12.7 Å². The molecule has 154 valence electrons. The number of hydrogen-bond acceptors (Lipinski definition) is 5. The summed E-state index contributed by atoms with van der Waals surface area (Å²) in [5, 5.41) is 5.86. The molecule has 1 atom stereocenters. The molecule has 0 saturated carbocycles. The van der Waals surface area contributed by atoms with Crippen LogP contribution in [0, 0.1) is 13.8 Å². The summed E-state index contributed by atoms with van der Waals surface area (Å²) < 4.78 is 10.7. The number of benzene rings is 2. The molecule has 0 aromatic heterocycles. The lowest BCUT2D eigenvalue weighted by atomic mass is 10.1. The van der Waals surface area contributed by atoms with Crippen LogP contribution in [0.3, 0.4) is 0 Å². The van der Waals surface area contributed by atoms with E-state index in [9.17, 15) is 14.4 Å². The van der Waals surface area contributed by atoms with Gasteiger partial charge in [0.2, 0.25) is 5.91 Å². The van der Waals surface area contributed by atoms with E-state index in [1.807, 2.05) is 13.8 Å². The van der Waals surface area contributed by atoms with Crippen LogP contribution in [-0.4, -0.2) is 30.5 Å². The van der Waals surface area contributed by atoms with Crippen LogP contribution in [0.4, 0.5) is 11.4 Å². The van der Waals surface area contributed by atoms with Gasteiger partial charge in [0.25, 0.3) is 5.91 Å². The lowest BCUT2D eigenvalue weighted by molar-refractivity contribution is -0.155. The Morgan fingerprint density at radius 1 is 1.00 bits per heavy atom. The van der Waals surface area contributed by atoms with E-state index in [4.69, 9.17) is 21.1 Å². The van der Waals surface area contributed by atoms with Gasteiger partial charge in [-0.25, -0.2) is 4.79 Å². The second-order valence-corrected chi connectivity index (χ2v) is 6.97. The molecule has 2 amide bonds. The predicted molar refractivity (Wildman–Crippen MR) is 111 cm³/mol. The second kappa shape index (κ2) is 9.93. The quantitative estimate of drug-likeness (QED) is 0.666. The number of halogens is 1. The molecule has 0 aliphatic carbocycles. The van der Waals surface area contributed by atoms with Crippen LogP contribution < -0.4 is 15.4 Å². The Bertz CT molecular complexity index is 889. The first-order valence-electron chi connectivity index (χ1n) is 8.93. The Balaban J connectivity index is 1.86. The summed E-state index contributed by atoms with van der Waals surface area (Å²) in [5.41, 5.74) is 2.73. The summed E-state index contributed by atoms with van der Waals surface area (Å²) in [4.78, 5) is 35.3. The molecular weight excluding hydrogens is 396 g/mol. The minimum Gasteiger partial charge on any atom is -0.481 e. The van der Waals surface area contributed by atoms with Crippen molar-refractivity contribution in [3.8, 4) is 5.75 Å². The lowest BCUT2D eigenvalue weighted by Crippen LogP contribution is -2.31. The van der Waals surface area contributed by atoms with Gasteiger partial charge >= 0.3 is 5.97 Å². The SMILES string of the molecule is CC(=O)Nc1ccc(NC(=O)[C@@H](C)OC(=O)COc2c(C)cc(Cl)cc2C)cc1. The van der Waals surface area contributed by atoms with Crippen LogP contribution >= 0.6 is 11.6 Å². The Labute approximate surface area is 174 Å². The van der Waals surface area contributed by atoms with Crippen LogP contribution in [0.2, 0.25) is 5.02 Å². The Morgan fingerprint density at radius 3 is 2.03 bits per heavy atom. The molecule has 2 aromatic carbocycles. The van der Waals surface area contributed by atoms with Crippen LogP contribution in [0.15, 0.2) is 36.4 Å². The molecule has 0 fully saturated rings. The van der Waals surface area contributed by atoms with Crippen LogP contribution in [0.25, 0.3) is 0 Å². The zero-order valence-electron chi connectivity index (χ0n) is 16.7. The number of hydrogen-bond donors (Lipinski definition) is 2. The van der Waals surface area contributed by atoms with Crippen molar-refractivity contribution >= 4 is 40.8 Å². The molecule has 0 bridgehead atoms. The summed E-state index contributed by atoms with van der Waals surface area (Å²) in [6.07, 6.45) is -1.01. The Hall–Kier alpha value is -3.06.